The van der Waals surface area contributed by atoms with Crippen LogP contribution in [0.4, 0.5) is 4.39 Å². The van der Waals surface area contributed by atoms with Crippen molar-refractivity contribution in [1.82, 2.24) is 20.7 Å². The van der Waals surface area contributed by atoms with Crippen molar-refractivity contribution in [2.45, 2.75) is 58.2 Å². The minimum absolute atomic E-state index is 0.00440. The Labute approximate surface area is 240 Å². The molecular formula is C29H42FN5O4S. The number of aromatic nitrogens is 1. The number of alkyl halides is 1. The number of thioether (sulfide) groups is 1. The van der Waals surface area contributed by atoms with Crippen molar-refractivity contribution >= 4 is 47.6 Å². The molecule has 0 spiro atoms. The van der Waals surface area contributed by atoms with Crippen LogP contribution in [0.5, 0.6) is 0 Å². The topological polar surface area (TPSA) is 109 Å². The number of likely N-dealkylation sites (tertiary alicyclic amines) is 1. The number of halogens is 1. The average Bonchev–Trinajstić information content (AvgIpc) is 3.55. The van der Waals surface area contributed by atoms with Gasteiger partial charge in [-0.2, -0.15) is 0 Å². The molecule has 11 heteroatoms. The lowest BCUT2D eigenvalue weighted by molar-refractivity contribution is -0.139. The number of nitrogens with zero attached hydrogens (tertiary/aromatic N) is 3. The van der Waals surface area contributed by atoms with Crippen LogP contribution in [0.15, 0.2) is 27.1 Å². The Morgan fingerprint density at radius 1 is 1.32 bits per heavy atom. The third-order valence-corrected chi connectivity index (χ3v) is 8.02. The number of nitrogens with one attached hydrogen (secondary N) is 2. The Morgan fingerprint density at radius 2 is 2.05 bits per heavy atom. The molecule has 3 rings (SSSR count). The van der Waals surface area contributed by atoms with E-state index in [1.54, 1.807) is 33.2 Å². The summed E-state index contributed by atoms with van der Waals surface area (Å²) >= 11 is 1.46. The first-order valence-electron chi connectivity index (χ1n) is 13.7. The SMILES string of the molecule is C=Cc1onc(/C(=C/SC)N=CC2C(C)CCN2C(=O)C(NC(=O)[C@H](C)NC)C2CCOCC2)c1/C=C(\C)CF. The molecule has 3 heterocycles. The lowest BCUT2D eigenvalue weighted by Gasteiger charge is -2.35. The first kappa shape index (κ1) is 31.8. The lowest BCUT2D eigenvalue weighted by atomic mass is 9.90. The second kappa shape index (κ2) is 15.3. The van der Waals surface area contributed by atoms with Gasteiger partial charge in [0.25, 0.3) is 0 Å². The van der Waals surface area contributed by atoms with E-state index in [-0.39, 0.29) is 29.7 Å². The third-order valence-electron chi connectivity index (χ3n) is 7.56. The largest absolute Gasteiger partial charge is 0.381 e. The molecule has 2 aliphatic rings. The zero-order valence-corrected chi connectivity index (χ0v) is 24.9. The molecule has 4 atom stereocenters. The fourth-order valence-electron chi connectivity index (χ4n) is 4.95. The maximum Gasteiger partial charge on any atom is 0.245 e. The van der Waals surface area contributed by atoms with Gasteiger partial charge >= 0.3 is 0 Å². The van der Waals surface area contributed by atoms with Crippen LogP contribution in [-0.4, -0.2) is 85.9 Å². The first-order valence-corrected chi connectivity index (χ1v) is 15.0. The van der Waals surface area contributed by atoms with Crippen molar-refractivity contribution < 1.29 is 23.2 Å². The average molecular weight is 576 g/mol. The highest BCUT2D eigenvalue weighted by molar-refractivity contribution is 8.01. The highest BCUT2D eigenvalue weighted by atomic mass is 32.2. The van der Waals surface area contributed by atoms with Crippen LogP contribution in [0.2, 0.25) is 0 Å². The minimum Gasteiger partial charge on any atom is -0.381 e. The molecule has 2 saturated heterocycles. The van der Waals surface area contributed by atoms with Crippen molar-refractivity contribution in [2.24, 2.45) is 16.8 Å². The number of allylic oxidation sites excluding steroid dienone is 1. The fraction of sp³-hybridized carbons (Fsp3) is 0.586. The predicted octanol–water partition coefficient (Wildman–Crippen LogP) is 4.18. The second-order valence-corrected chi connectivity index (χ2v) is 11.1. The number of ether oxygens (including phenoxy) is 1. The molecule has 1 aromatic heterocycles. The smallest absolute Gasteiger partial charge is 0.245 e. The Hall–Kier alpha value is -2.76. The maximum atomic E-state index is 14.0. The van der Waals surface area contributed by atoms with Crippen molar-refractivity contribution in [2.75, 3.05) is 39.7 Å². The summed E-state index contributed by atoms with van der Waals surface area (Å²) in [5.41, 5.74) is 2.15. The van der Waals surface area contributed by atoms with Gasteiger partial charge in [-0.15, -0.1) is 11.8 Å². The van der Waals surface area contributed by atoms with E-state index in [9.17, 15) is 14.0 Å². The number of amides is 2. The van der Waals surface area contributed by atoms with Crippen molar-refractivity contribution in [1.29, 1.82) is 0 Å². The summed E-state index contributed by atoms with van der Waals surface area (Å²) < 4.78 is 24.3. The fourth-order valence-corrected chi connectivity index (χ4v) is 5.35. The van der Waals surface area contributed by atoms with Crippen LogP contribution in [0.3, 0.4) is 0 Å². The zero-order valence-electron chi connectivity index (χ0n) is 24.1. The van der Waals surface area contributed by atoms with Crippen LogP contribution in [-0.2, 0) is 14.3 Å². The van der Waals surface area contributed by atoms with Gasteiger partial charge in [0.2, 0.25) is 11.8 Å². The van der Waals surface area contributed by atoms with Gasteiger partial charge in [-0.25, -0.2) is 4.39 Å². The molecule has 220 valence electrons. The number of hydrogen-bond acceptors (Lipinski definition) is 8. The van der Waals surface area contributed by atoms with Gasteiger partial charge < -0.3 is 24.8 Å². The van der Waals surface area contributed by atoms with Gasteiger partial charge in [0.05, 0.1) is 23.3 Å². The van der Waals surface area contributed by atoms with E-state index in [1.165, 1.54) is 17.8 Å². The van der Waals surface area contributed by atoms with E-state index in [2.05, 4.69) is 29.3 Å². The number of rotatable bonds is 12. The second-order valence-electron chi connectivity index (χ2n) is 10.4. The summed E-state index contributed by atoms with van der Waals surface area (Å²) in [6.45, 7) is 10.5. The quantitative estimate of drug-likeness (QED) is 0.360. The molecule has 2 N–H and O–H groups in total. The molecule has 0 bridgehead atoms. The molecule has 2 fully saturated rings. The van der Waals surface area contributed by atoms with Crippen molar-refractivity contribution in [3.63, 3.8) is 0 Å². The van der Waals surface area contributed by atoms with Crippen LogP contribution in [0.1, 0.15) is 57.1 Å². The number of likely N-dealkylation sites (N-methyl/N-ethyl adjacent to an activating group) is 1. The summed E-state index contributed by atoms with van der Waals surface area (Å²) in [6.07, 6.45) is 9.16. The van der Waals surface area contributed by atoms with Crippen LogP contribution < -0.4 is 10.6 Å². The minimum atomic E-state index is -0.638. The normalized spacial score (nSPS) is 22.5. The van der Waals surface area contributed by atoms with Crippen molar-refractivity contribution in [3.8, 4) is 0 Å². The first-order chi connectivity index (χ1) is 19.2. The van der Waals surface area contributed by atoms with E-state index in [0.29, 0.717) is 60.9 Å². The van der Waals surface area contributed by atoms with Gasteiger partial charge in [0.15, 0.2) is 5.76 Å². The Kier molecular flexibility index (Phi) is 12.1. The van der Waals surface area contributed by atoms with Gasteiger partial charge in [0.1, 0.15) is 18.4 Å². The zero-order chi connectivity index (χ0) is 29.2. The Morgan fingerprint density at radius 3 is 2.67 bits per heavy atom. The molecule has 0 aliphatic carbocycles. The number of aliphatic imine (C=N–C) groups is 1. The summed E-state index contributed by atoms with van der Waals surface area (Å²) in [5.74, 6) is 0.289. The van der Waals surface area contributed by atoms with Gasteiger partial charge in [-0.05, 0) is 81.4 Å². The van der Waals surface area contributed by atoms with Gasteiger partial charge in [-0.3, -0.25) is 14.6 Å². The predicted molar refractivity (Wildman–Crippen MR) is 159 cm³/mol. The molecule has 0 radical (unpaired) electrons. The number of carbonyl (C=O) groups excluding carboxylic acids is 2. The molecule has 40 heavy (non-hydrogen) atoms. The Balaban J connectivity index is 1.91. The number of carbonyl (C=O) groups is 2. The molecule has 3 unspecified atom stereocenters. The molecule has 9 nitrogen and oxygen atoms in total. The summed E-state index contributed by atoms with van der Waals surface area (Å²) in [7, 11) is 1.72. The molecule has 2 amide bonds. The maximum absolute atomic E-state index is 14.0. The monoisotopic (exact) mass is 575 g/mol. The van der Waals surface area contributed by atoms with E-state index >= 15 is 0 Å². The standard InChI is InChI=1S/C29H42FN5O4S/c1-7-25-22(14-18(2)15-30)27(34-39-25)23(17-40-6)32-16-24-19(3)8-11-35(24)29(37)26(21-9-12-38-13-10-21)33-28(36)20(4)31-5/h7,14,16-17,19-21,24,26,31H,1,8-13,15H2,2-6H3,(H,33,36)/b18-14+,23-17-,32-16?/t19?,20-,24?,26?/m0/s1. The summed E-state index contributed by atoms with van der Waals surface area (Å²) in [4.78, 5) is 33.5. The molecule has 1 aromatic rings. The third kappa shape index (κ3) is 7.70. The Bertz CT molecular complexity index is 1130. The van der Waals surface area contributed by atoms with E-state index in [4.69, 9.17) is 14.3 Å². The molecular weight excluding hydrogens is 533 g/mol. The molecule has 2 aliphatic heterocycles. The van der Waals surface area contributed by atoms with Gasteiger partial charge in [-0.1, -0.05) is 18.7 Å². The highest BCUT2D eigenvalue weighted by Crippen LogP contribution is 2.30. The van der Waals surface area contributed by atoms with Crippen molar-refractivity contribution in [3.05, 3.63) is 34.6 Å². The van der Waals surface area contributed by atoms with Crippen LogP contribution >= 0.6 is 11.8 Å². The number of hydrogen-bond donors (Lipinski definition) is 2. The highest BCUT2D eigenvalue weighted by Gasteiger charge is 2.40. The summed E-state index contributed by atoms with van der Waals surface area (Å²) in [5, 5.41) is 12.0. The van der Waals surface area contributed by atoms with Crippen LogP contribution in [0, 0.1) is 11.8 Å². The summed E-state index contributed by atoms with van der Waals surface area (Å²) in [6, 6.07) is -1.33. The van der Waals surface area contributed by atoms with E-state index in [1.807, 2.05) is 16.6 Å². The van der Waals surface area contributed by atoms with Gasteiger partial charge in [0, 0.05) is 26.0 Å². The molecule has 0 saturated carbocycles. The van der Waals surface area contributed by atoms with E-state index < -0.39 is 18.8 Å². The molecule has 0 aromatic carbocycles. The lowest BCUT2D eigenvalue weighted by Crippen LogP contribution is -2.57. The van der Waals surface area contributed by atoms with E-state index in [0.717, 1.165) is 6.42 Å². The van der Waals surface area contributed by atoms with Crippen LogP contribution in [0.25, 0.3) is 17.8 Å².